The van der Waals surface area contributed by atoms with Gasteiger partial charge in [0.05, 0.1) is 31.8 Å². The number of carboxylic acid groups (broad SMARTS) is 1. The molecule has 4 N–H and O–H groups in total. The standard InChI is InChI=1S/C50H64O14/c1-23-13-12-14-25(3)38-27(5)18-31-33(49(38,9)42(53)37-43(54)50(64-46(37)58)21-28(6)32(44(55)56)22-48(50,8)20-23)15-24(2)16-34(31)62-47-40(52)39(51)41(29(7)61-47)63-45(57)36-26(4)17-30(59-10)19-35(36)60-11/h14-15,17,19-20,22,27-29,31,33-34,38-41,47,51-53H,12-13,16,18,21H2,1-11H3,(H,55,56). The van der Waals surface area contributed by atoms with E-state index in [-0.39, 0.29) is 46.8 Å². The van der Waals surface area contributed by atoms with Crippen molar-refractivity contribution in [2.45, 2.75) is 137 Å². The summed E-state index contributed by atoms with van der Waals surface area (Å²) in [5.41, 5.74) is -1.22. The SMILES string of the molecule is COc1cc(C)c(C(=O)OC2C(C)OC(OC3CC(C)=CC4C3CC(C)C3C(C)=CCCC(C)=CC5(C)C=C(C(=O)O)C(C)CC56OC(=O)C(=C(O)C43C)C6=O)C(O)C2O)c(OC)c1. The number of carbonyl (C=O) groups excluding carboxylic acids is 3. The molecule has 1 spiro atoms. The van der Waals surface area contributed by atoms with Crippen LogP contribution < -0.4 is 9.47 Å². The van der Waals surface area contributed by atoms with Crippen LogP contribution >= 0.6 is 0 Å². The number of aliphatic hydroxyl groups is 3. The summed E-state index contributed by atoms with van der Waals surface area (Å²) in [7, 11) is 2.91. The van der Waals surface area contributed by atoms with E-state index in [9.17, 15) is 34.8 Å². The smallest absolute Gasteiger partial charge is 0.346 e. The molecule has 2 bridgehead atoms. The van der Waals surface area contributed by atoms with Crippen LogP contribution in [0.2, 0.25) is 0 Å². The van der Waals surface area contributed by atoms with Crippen molar-refractivity contribution in [1.82, 2.24) is 0 Å². The average molecular weight is 889 g/mol. The molecular formula is C50H64O14. The van der Waals surface area contributed by atoms with Gasteiger partial charge in [-0.25, -0.2) is 14.4 Å². The molecule has 4 aliphatic carbocycles. The fraction of sp³-hybridized carbons (Fsp3) is 0.600. The van der Waals surface area contributed by atoms with Gasteiger partial charge in [0.2, 0.25) is 5.78 Å². The second-order valence-corrected chi connectivity index (χ2v) is 19.7. The Hall–Kier alpha value is -4.76. The van der Waals surface area contributed by atoms with Gasteiger partial charge in [-0.05, 0) is 108 Å². The van der Waals surface area contributed by atoms with Gasteiger partial charge in [-0.2, -0.15) is 0 Å². The van der Waals surface area contributed by atoms with E-state index in [1.165, 1.54) is 14.2 Å². The minimum atomic E-state index is -1.79. The van der Waals surface area contributed by atoms with E-state index < -0.39 is 94.3 Å². The van der Waals surface area contributed by atoms with E-state index in [2.05, 4.69) is 19.1 Å². The third kappa shape index (κ3) is 7.61. The number of aliphatic hydroxyl groups excluding tert-OH is 3. The van der Waals surface area contributed by atoms with Crippen LogP contribution in [0.3, 0.4) is 0 Å². The van der Waals surface area contributed by atoms with Gasteiger partial charge >= 0.3 is 17.9 Å². The van der Waals surface area contributed by atoms with Gasteiger partial charge in [0.25, 0.3) is 0 Å². The van der Waals surface area contributed by atoms with Crippen molar-refractivity contribution in [2.75, 3.05) is 14.2 Å². The maximum absolute atomic E-state index is 15.2. The first kappa shape index (κ1) is 47.2. The molecule has 14 nitrogen and oxygen atoms in total. The number of carbonyl (C=O) groups is 4. The molecule has 64 heavy (non-hydrogen) atoms. The zero-order valence-corrected chi connectivity index (χ0v) is 38.7. The fourth-order valence-corrected chi connectivity index (χ4v) is 12.3. The molecular weight excluding hydrogens is 825 g/mol. The monoisotopic (exact) mass is 888 g/mol. The first-order valence-electron chi connectivity index (χ1n) is 22.3. The summed E-state index contributed by atoms with van der Waals surface area (Å²) in [6.07, 6.45) is 2.48. The topological polar surface area (TPSA) is 205 Å². The van der Waals surface area contributed by atoms with Crippen LogP contribution in [-0.2, 0) is 33.3 Å². The van der Waals surface area contributed by atoms with Crippen LogP contribution in [0.5, 0.6) is 11.5 Å². The molecule has 2 heterocycles. The number of rotatable bonds is 7. The minimum Gasteiger partial charge on any atom is -0.511 e. The van der Waals surface area contributed by atoms with Crippen molar-refractivity contribution >= 4 is 23.7 Å². The van der Waals surface area contributed by atoms with Crippen molar-refractivity contribution in [1.29, 1.82) is 0 Å². The molecule has 14 heteroatoms. The van der Waals surface area contributed by atoms with E-state index in [0.717, 1.165) is 16.7 Å². The van der Waals surface area contributed by atoms with Crippen LogP contribution in [0.1, 0.15) is 103 Å². The van der Waals surface area contributed by atoms with E-state index in [4.69, 9.17) is 28.4 Å². The lowest BCUT2D eigenvalue weighted by molar-refractivity contribution is -0.310. The second-order valence-electron chi connectivity index (χ2n) is 19.7. The molecule has 1 saturated carbocycles. The van der Waals surface area contributed by atoms with Crippen LogP contribution in [-0.4, -0.2) is 101 Å². The highest BCUT2D eigenvalue weighted by molar-refractivity contribution is 6.26. The Labute approximate surface area is 375 Å². The number of benzene rings is 1. The Morgan fingerprint density at radius 2 is 1.64 bits per heavy atom. The molecule has 0 amide bonds. The zero-order valence-electron chi connectivity index (χ0n) is 38.7. The fourth-order valence-electron chi connectivity index (χ4n) is 12.3. The van der Waals surface area contributed by atoms with Gasteiger partial charge in [0, 0.05) is 23.5 Å². The predicted molar refractivity (Wildman–Crippen MR) is 233 cm³/mol. The lowest BCUT2D eigenvalue weighted by atomic mass is 9.48. The van der Waals surface area contributed by atoms with Gasteiger partial charge in [-0.15, -0.1) is 0 Å². The molecule has 14 unspecified atom stereocenters. The number of hydrogen-bond acceptors (Lipinski definition) is 13. The Morgan fingerprint density at radius 3 is 2.30 bits per heavy atom. The summed E-state index contributed by atoms with van der Waals surface area (Å²) >= 11 is 0. The number of aliphatic carboxylic acids is 1. The molecule has 3 fully saturated rings. The highest BCUT2D eigenvalue weighted by Gasteiger charge is 2.67. The number of allylic oxidation sites excluding steroid dienone is 5. The van der Waals surface area contributed by atoms with Crippen molar-refractivity contribution < 1.29 is 68.0 Å². The number of methoxy groups -OCH3 is 2. The number of ether oxygens (including phenoxy) is 6. The Bertz CT molecular complexity index is 2270. The van der Waals surface area contributed by atoms with Crippen molar-refractivity contribution in [3.05, 3.63) is 81.2 Å². The van der Waals surface area contributed by atoms with Gasteiger partial charge in [0.1, 0.15) is 40.6 Å². The van der Waals surface area contributed by atoms with E-state index in [1.54, 1.807) is 45.9 Å². The minimum absolute atomic E-state index is 0.0784. The number of esters is 2. The molecule has 2 saturated heterocycles. The summed E-state index contributed by atoms with van der Waals surface area (Å²) < 4.78 is 35.7. The van der Waals surface area contributed by atoms with Crippen molar-refractivity contribution in [2.24, 2.45) is 40.4 Å². The van der Waals surface area contributed by atoms with Crippen molar-refractivity contribution in [3.63, 3.8) is 0 Å². The van der Waals surface area contributed by atoms with Crippen LogP contribution in [0.15, 0.2) is 70.1 Å². The van der Waals surface area contributed by atoms with E-state index in [0.29, 0.717) is 37.0 Å². The van der Waals surface area contributed by atoms with E-state index in [1.807, 2.05) is 33.8 Å². The molecule has 1 aromatic rings. The Kier molecular flexibility index (Phi) is 12.7. The third-order valence-corrected chi connectivity index (χ3v) is 15.3. The lowest BCUT2D eigenvalue weighted by Crippen LogP contribution is -2.60. The molecule has 7 rings (SSSR count). The highest BCUT2D eigenvalue weighted by Crippen LogP contribution is 2.62. The zero-order chi connectivity index (χ0) is 47.0. The molecule has 14 atom stereocenters. The number of ketones is 1. The average Bonchev–Trinajstić information content (AvgIpc) is 3.47. The maximum Gasteiger partial charge on any atom is 0.346 e. The highest BCUT2D eigenvalue weighted by atomic mass is 16.7. The lowest BCUT2D eigenvalue weighted by Gasteiger charge is -2.56. The summed E-state index contributed by atoms with van der Waals surface area (Å²) in [6, 6.07) is 3.21. The second kappa shape index (κ2) is 17.2. The van der Waals surface area contributed by atoms with Crippen LogP contribution in [0.4, 0.5) is 0 Å². The van der Waals surface area contributed by atoms with Gasteiger partial charge in [-0.3, -0.25) is 4.79 Å². The number of fused-ring (bicyclic) bond motifs is 4. The van der Waals surface area contributed by atoms with Gasteiger partial charge in [-0.1, -0.05) is 61.8 Å². The number of Topliss-reactive ketones (excluding diaryl/α,β-unsaturated/α-hetero) is 1. The predicted octanol–water partition coefficient (Wildman–Crippen LogP) is 7.05. The van der Waals surface area contributed by atoms with Crippen LogP contribution in [0, 0.1) is 47.3 Å². The van der Waals surface area contributed by atoms with Crippen LogP contribution in [0.25, 0.3) is 0 Å². The molecule has 0 radical (unpaired) electrons. The van der Waals surface area contributed by atoms with Gasteiger partial charge < -0.3 is 48.8 Å². The van der Waals surface area contributed by atoms with E-state index >= 15 is 4.79 Å². The molecule has 348 valence electrons. The number of carboxylic acids is 1. The summed E-state index contributed by atoms with van der Waals surface area (Å²) in [5.74, 6) is -5.12. The first-order valence-corrected chi connectivity index (χ1v) is 22.3. The normalized spacial score (nSPS) is 38.9. The largest absolute Gasteiger partial charge is 0.511 e. The third-order valence-electron chi connectivity index (χ3n) is 15.3. The quantitative estimate of drug-likeness (QED) is 0.123. The maximum atomic E-state index is 15.2. The molecule has 2 aliphatic heterocycles. The first-order chi connectivity index (χ1) is 30.0. The summed E-state index contributed by atoms with van der Waals surface area (Å²) in [6.45, 7) is 16.6. The van der Waals surface area contributed by atoms with Crippen molar-refractivity contribution in [3.8, 4) is 11.5 Å². The molecule has 1 aromatic carbocycles. The summed E-state index contributed by atoms with van der Waals surface area (Å²) in [5, 5.41) is 46.2. The van der Waals surface area contributed by atoms with Gasteiger partial charge in [0.15, 0.2) is 18.0 Å². The molecule has 0 aromatic heterocycles. The summed E-state index contributed by atoms with van der Waals surface area (Å²) in [4.78, 5) is 55.5. The molecule has 6 aliphatic rings. The Morgan fingerprint density at radius 1 is 0.938 bits per heavy atom. The number of aryl methyl sites for hydroxylation is 1. The number of hydrogen-bond donors (Lipinski definition) is 4. The Balaban J connectivity index is 1.23.